The van der Waals surface area contributed by atoms with Crippen molar-refractivity contribution in [3.05, 3.63) is 59.2 Å². The summed E-state index contributed by atoms with van der Waals surface area (Å²) in [5.41, 5.74) is 3.36. The lowest BCUT2D eigenvalue weighted by atomic mass is 9.91. The van der Waals surface area contributed by atoms with Crippen LogP contribution in [0.3, 0.4) is 0 Å². The van der Waals surface area contributed by atoms with E-state index in [0.717, 1.165) is 18.4 Å². The number of benzene rings is 2. The maximum absolute atomic E-state index is 13.2. The predicted molar refractivity (Wildman–Crippen MR) is 108 cm³/mol. The molecule has 0 aromatic heterocycles. The third-order valence-corrected chi connectivity index (χ3v) is 6.03. The highest BCUT2D eigenvalue weighted by atomic mass is 16.3. The fraction of sp³-hybridized carbons (Fsp3) is 0.435. The molecule has 1 aliphatic carbocycles. The Morgan fingerprint density at radius 3 is 2.50 bits per heavy atom. The van der Waals surface area contributed by atoms with Crippen LogP contribution in [-0.4, -0.2) is 33.1 Å². The largest absolute Gasteiger partial charge is 0.504 e. The number of amides is 1. The molecule has 1 saturated carbocycles. The Morgan fingerprint density at radius 1 is 1.00 bits per heavy atom. The lowest BCUT2D eigenvalue weighted by molar-refractivity contribution is -0.128. The standard InChI is InChI=1S/C23H28N2O3/c26-21-11-10-16(12-22(21)27)14-25-15-18-7-5-4-6-17(18)13-20(25)23(28)24-19-8-2-1-3-9-19/h4-7,10-12,19-20,26-27H,1-3,8-9,13-15H2,(H,24,28). The molecule has 2 aliphatic rings. The number of phenolic OH excluding ortho intramolecular Hbond substituents is 2. The van der Waals surface area contributed by atoms with Gasteiger partial charge in [-0.2, -0.15) is 0 Å². The van der Waals surface area contributed by atoms with Crippen LogP contribution in [-0.2, 0) is 24.3 Å². The highest BCUT2D eigenvalue weighted by molar-refractivity contribution is 5.82. The molecule has 1 fully saturated rings. The molecule has 0 saturated heterocycles. The van der Waals surface area contributed by atoms with Crippen LogP contribution in [0.25, 0.3) is 0 Å². The maximum Gasteiger partial charge on any atom is 0.237 e. The molecule has 1 aliphatic heterocycles. The first kappa shape index (κ1) is 18.8. The minimum absolute atomic E-state index is 0.101. The van der Waals surface area contributed by atoms with E-state index in [0.29, 0.717) is 19.5 Å². The molecule has 2 aromatic carbocycles. The van der Waals surface area contributed by atoms with Gasteiger partial charge in [-0.3, -0.25) is 9.69 Å². The quantitative estimate of drug-likeness (QED) is 0.710. The minimum Gasteiger partial charge on any atom is -0.504 e. The van der Waals surface area contributed by atoms with Gasteiger partial charge in [0.05, 0.1) is 6.04 Å². The Morgan fingerprint density at radius 2 is 1.75 bits per heavy atom. The summed E-state index contributed by atoms with van der Waals surface area (Å²) in [6.45, 7) is 1.24. The Labute approximate surface area is 166 Å². The highest BCUT2D eigenvalue weighted by Gasteiger charge is 2.32. The second-order valence-electron chi connectivity index (χ2n) is 8.06. The van der Waals surface area contributed by atoms with Crippen molar-refractivity contribution < 1.29 is 15.0 Å². The first-order valence-corrected chi connectivity index (χ1v) is 10.2. The monoisotopic (exact) mass is 380 g/mol. The number of rotatable bonds is 4. The van der Waals surface area contributed by atoms with Gasteiger partial charge >= 0.3 is 0 Å². The number of carbonyl (C=O) groups excluding carboxylic acids is 1. The first-order valence-electron chi connectivity index (χ1n) is 10.2. The highest BCUT2D eigenvalue weighted by Crippen LogP contribution is 2.29. The molecule has 148 valence electrons. The van der Waals surface area contributed by atoms with Crippen LogP contribution in [0.15, 0.2) is 42.5 Å². The van der Waals surface area contributed by atoms with Gasteiger partial charge in [0.2, 0.25) is 5.91 Å². The van der Waals surface area contributed by atoms with Crippen molar-refractivity contribution in [2.75, 3.05) is 0 Å². The summed E-state index contributed by atoms with van der Waals surface area (Å²) >= 11 is 0. The summed E-state index contributed by atoms with van der Waals surface area (Å²) in [6.07, 6.45) is 6.48. The van der Waals surface area contributed by atoms with Crippen molar-refractivity contribution in [2.24, 2.45) is 0 Å². The number of aromatic hydroxyl groups is 2. The molecule has 5 heteroatoms. The average molecular weight is 380 g/mol. The minimum atomic E-state index is -0.229. The van der Waals surface area contributed by atoms with Gasteiger partial charge in [0.25, 0.3) is 0 Å². The number of hydrogen-bond acceptors (Lipinski definition) is 4. The van der Waals surface area contributed by atoms with Crippen LogP contribution in [0, 0.1) is 0 Å². The number of phenols is 2. The van der Waals surface area contributed by atoms with E-state index in [1.165, 1.54) is 36.5 Å². The zero-order valence-electron chi connectivity index (χ0n) is 16.1. The smallest absolute Gasteiger partial charge is 0.237 e. The van der Waals surface area contributed by atoms with Crippen LogP contribution < -0.4 is 5.32 Å². The molecule has 0 bridgehead atoms. The summed E-state index contributed by atoms with van der Waals surface area (Å²) < 4.78 is 0. The summed E-state index contributed by atoms with van der Waals surface area (Å²) in [5.74, 6) is -0.151. The Hall–Kier alpha value is -2.53. The molecule has 3 N–H and O–H groups in total. The zero-order chi connectivity index (χ0) is 19.5. The topological polar surface area (TPSA) is 72.8 Å². The summed E-state index contributed by atoms with van der Waals surface area (Å²) in [4.78, 5) is 15.3. The summed E-state index contributed by atoms with van der Waals surface area (Å²) in [7, 11) is 0. The van der Waals surface area contributed by atoms with E-state index in [1.54, 1.807) is 12.1 Å². The maximum atomic E-state index is 13.2. The zero-order valence-corrected chi connectivity index (χ0v) is 16.1. The molecule has 0 spiro atoms. The van der Waals surface area contributed by atoms with Gasteiger partial charge in [-0.05, 0) is 48.1 Å². The van der Waals surface area contributed by atoms with E-state index >= 15 is 0 Å². The van der Waals surface area contributed by atoms with Crippen LogP contribution in [0.4, 0.5) is 0 Å². The number of nitrogens with zero attached hydrogens (tertiary/aromatic N) is 1. The Bertz CT molecular complexity index is 845. The third kappa shape index (κ3) is 4.14. The van der Waals surface area contributed by atoms with Crippen molar-refractivity contribution in [1.82, 2.24) is 10.2 Å². The molecule has 4 rings (SSSR count). The second-order valence-corrected chi connectivity index (χ2v) is 8.06. The van der Waals surface area contributed by atoms with Crippen molar-refractivity contribution in [1.29, 1.82) is 0 Å². The fourth-order valence-electron chi connectivity index (χ4n) is 4.45. The molecule has 1 amide bonds. The van der Waals surface area contributed by atoms with Gasteiger partial charge in [0, 0.05) is 19.1 Å². The fourth-order valence-corrected chi connectivity index (χ4v) is 4.45. The van der Waals surface area contributed by atoms with Crippen LogP contribution in [0.5, 0.6) is 11.5 Å². The van der Waals surface area contributed by atoms with E-state index in [-0.39, 0.29) is 29.5 Å². The Kier molecular flexibility index (Phi) is 5.53. The Balaban J connectivity index is 1.55. The van der Waals surface area contributed by atoms with Gasteiger partial charge < -0.3 is 15.5 Å². The van der Waals surface area contributed by atoms with E-state index in [9.17, 15) is 15.0 Å². The van der Waals surface area contributed by atoms with Gasteiger partial charge in [0.1, 0.15) is 0 Å². The van der Waals surface area contributed by atoms with Gasteiger partial charge in [-0.1, -0.05) is 49.6 Å². The summed E-state index contributed by atoms with van der Waals surface area (Å²) in [5, 5.41) is 22.7. The number of fused-ring (bicyclic) bond motifs is 1. The van der Waals surface area contributed by atoms with Crippen LogP contribution >= 0.6 is 0 Å². The lowest BCUT2D eigenvalue weighted by Gasteiger charge is -2.37. The lowest BCUT2D eigenvalue weighted by Crippen LogP contribution is -2.52. The van der Waals surface area contributed by atoms with Crippen molar-refractivity contribution >= 4 is 5.91 Å². The van der Waals surface area contributed by atoms with Crippen molar-refractivity contribution in [2.45, 2.75) is 63.7 Å². The molecular formula is C23H28N2O3. The molecule has 0 radical (unpaired) electrons. The molecular weight excluding hydrogens is 352 g/mol. The van der Waals surface area contributed by atoms with Crippen LogP contribution in [0.2, 0.25) is 0 Å². The molecule has 2 aromatic rings. The van der Waals surface area contributed by atoms with Crippen molar-refractivity contribution in [3.63, 3.8) is 0 Å². The van der Waals surface area contributed by atoms with Gasteiger partial charge in [-0.15, -0.1) is 0 Å². The normalized spacial score (nSPS) is 20.5. The van der Waals surface area contributed by atoms with Crippen molar-refractivity contribution in [3.8, 4) is 11.5 Å². The van der Waals surface area contributed by atoms with E-state index in [2.05, 4.69) is 22.3 Å². The predicted octanol–water partition coefficient (Wildman–Crippen LogP) is 3.47. The van der Waals surface area contributed by atoms with E-state index in [1.807, 2.05) is 12.1 Å². The van der Waals surface area contributed by atoms with Crippen LogP contribution in [0.1, 0.15) is 48.8 Å². The van der Waals surface area contributed by atoms with Gasteiger partial charge in [-0.25, -0.2) is 0 Å². The molecule has 5 nitrogen and oxygen atoms in total. The number of nitrogens with one attached hydrogen (secondary N) is 1. The van der Waals surface area contributed by atoms with E-state index in [4.69, 9.17) is 0 Å². The molecule has 1 atom stereocenters. The molecule has 1 unspecified atom stereocenters. The third-order valence-electron chi connectivity index (χ3n) is 6.03. The SMILES string of the molecule is O=C(NC1CCCCC1)C1Cc2ccccc2CN1Cc1ccc(O)c(O)c1. The summed E-state index contributed by atoms with van der Waals surface area (Å²) in [6, 6.07) is 13.2. The number of hydrogen-bond donors (Lipinski definition) is 3. The first-order chi connectivity index (χ1) is 13.6. The van der Waals surface area contributed by atoms with Gasteiger partial charge in [0.15, 0.2) is 11.5 Å². The molecule has 1 heterocycles. The number of carbonyl (C=O) groups is 1. The molecule has 28 heavy (non-hydrogen) atoms. The second kappa shape index (κ2) is 8.23. The van der Waals surface area contributed by atoms with E-state index < -0.39 is 0 Å². The average Bonchev–Trinajstić information content (AvgIpc) is 2.71.